The highest BCUT2D eigenvalue weighted by molar-refractivity contribution is 6.04. The van der Waals surface area contributed by atoms with Crippen molar-refractivity contribution in [3.05, 3.63) is 59.4 Å². The van der Waals surface area contributed by atoms with E-state index in [0.29, 0.717) is 17.6 Å². The Morgan fingerprint density at radius 3 is 2.47 bits per heavy atom. The van der Waals surface area contributed by atoms with Gasteiger partial charge in [-0.15, -0.1) is 0 Å². The van der Waals surface area contributed by atoms with Crippen molar-refractivity contribution in [3.8, 4) is 0 Å². The van der Waals surface area contributed by atoms with Gasteiger partial charge in [0.25, 0.3) is 5.91 Å². The molecule has 2 aliphatic rings. The maximum absolute atomic E-state index is 13.7. The Labute approximate surface area is 224 Å². The van der Waals surface area contributed by atoms with E-state index in [-0.39, 0.29) is 12.3 Å². The molecular weight excluding hydrogens is 481 g/mol. The molecule has 1 aromatic heterocycles. The molecule has 0 unspecified atom stereocenters. The molecule has 2 amide bonds. The fraction of sp³-hybridized carbons (Fsp3) is 0.500. The van der Waals surface area contributed by atoms with Gasteiger partial charge in [-0.3, -0.25) is 19.8 Å². The zero-order valence-electron chi connectivity index (χ0n) is 22.5. The van der Waals surface area contributed by atoms with Crippen LogP contribution in [0.25, 0.3) is 11.0 Å². The fourth-order valence-electron chi connectivity index (χ4n) is 5.87. The Morgan fingerprint density at radius 1 is 1.11 bits per heavy atom. The van der Waals surface area contributed by atoms with Gasteiger partial charge >= 0.3 is 0 Å². The summed E-state index contributed by atoms with van der Waals surface area (Å²) < 4.78 is 15.9. The van der Waals surface area contributed by atoms with Crippen molar-refractivity contribution in [1.82, 2.24) is 14.5 Å². The van der Waals surface area contributed by atoms with Gasteiger partial charge in [-0.05, 0) is 86.5 Å². The lowest BCUT2D eigenvalue weighted by molar-refractivity contribution is -0.106. The summed E-state index contributed by atoms with van der Waals surface area (Å²) >= 11 is 0. The van der Waals surface area contributed by atoms with Gasteiger partial charge in [0.2, 0.25) is 12.4 Å². The molecule has 0 atom stereocenters. The minimum atomic E-state index is -0.416. The number of carbonyl (C=O) groups excluding carboxylic acids is 2. The Balaban J connectivity index is 0.00000107. The number of carbonyl (C=O) groups is 2. The number of piperidine rings is 1. The molecule has 8 heteroatoms. The van der Waals surface area contributed by atoms with Crippen molar-refractivity contribution >= 4 is 29.3 Å². The van der Waals surface area contributed by atoms with Crippen molar-refractivity contribution in [2.45, 2.75) is 71.4 Å². The zero-order valence-corrected chi connectivity index (χ0v) is 22.5. The summed E-state index contributed by atoms with van der Waals surface area (Å²) in [6.45, 7) is 7.92. The van der Waals surface area contributed by atoms with Crippen LogP contribution in [0.5, 0.6) is 0 Å². The molecule has 7 nitrogen and oxygen atoms in total. The number of imidazole rings is 1. The third kappa shape index (κ3) is 6.78. The average molecular weight is 522 g/mol. The molecule has 2 fully saturated rings. The number of nitrogens with zero attached hydrogens (tertiary/aromatic N) is 3. The summed E-state index contributed by atoms with van der Waals surface area (Å²) in [6, 6.07) is 12.6. The first-order valence-electron chi connectivity index (χ1n) is 13.8. The molecule has 1 aliphatic heterocycles. The van der Waals surface area contributed by atoms with E-state index in [1.54, 1.807) is 12.1 Å². The number of rotatable bonds is 6. The number of hydrogen-bond donors (Lipinski definition) is 2. The van der Waals surface area contributed by atoms with E-state index in [1.165, 1.54) is 49.8 Å². The second-order valence-electron chi connectivity index (χ2n) is 10.9. The maximum atomic E-state index is 13.7. The molecule has 1 aliphatic carbocycles. The summed E-state index contributed by atoms with van der Waals surface area (Å²) in [6.07, 6.45) is 8.60. The summed E-state index contributed by atoms with van der Waals surface area (Å²) in [4.78, 5) is 28.9. The SMILES string of the molecule is CC(C)C1CCN(Cc2ccc3nc(NC(=O)c4cccc(F)c4)n(C4CCCCC4)c3c2)CC1.NC=O. The number of hydrogen-bond acceptors (Lipinski definition) is 4. The van der Waals surface area contributed by atoms with Crippen molar-refractivity contribution in [2.24, 2.45) is 17.6 Å². The van der Waals surface area contributed by atoms with E-state index in [2.05, 4.69) is 52.6 Å². The summed E-state index contributed by atoms with van der Waals surface area (Å²) in [5.41, 5.74) is 7.74. The lowest BCUT2D eigenvalue weighted by atomic mass is 9.86. The van der Waals surface area contributed by atoms with Gasteiger partial charge < -0.3 is 10.3 Å². The van der Waals surface area contributed by atoms with Crippen molar-refractivity contribution in [3.63, 3.8) is 0 Å². The monoisotopic (exact) mass is 521 g/mol. The predicted octanol–water partition coefficient (Wildman–Crippen LogP) is 5.90. The van der Waals surface area contributed by atoms with Crippen LogP contribution in [0.2, 0.25) is 0 Å². The predicted molar refractivity (Wildman–Crippen MR) is 149 cm³/mol. The summed E-state index contributed by atoms with van der Waals surface area (Å²) in [7, 11) is 0. The molecule has 0 radical (unpaired) electrons. The second-order valence-corrected chi connectivity index (χ2v) is 10.9. The first-order valence-corrected chi connectivity index (χ1v) is 13.8. The Morgan fingerprint density at radius 2 is 1.82 bits per heavy atom. The summed E-state index contributed by atoms with van der Waals surface area (Å²) in [5, 5.41) is 2.99. The number of fused-ring (bicyclic) bond motifs is 1. The third-order valence-corrected chi connectivity index (χ3v) is 7.99. The zero-order chi connectivity index (χ0) is 27.1. The van der Waals surface area contributed by atoms with Crippen LogP contribution >= 0.6 is 0 Å². The minimum absolute atomic E-state index is 0.250. The van der Waals surface area contributed by atoms with Crippen LogP contribution in [0, 0.1) is 17.7 Å². The highest BCUT2D eigenvalue weighted by Gasteiger charge is 2.25. The van der Waals surface area contributed by atoms with Crippen molar-refractivity contribution < 1.29 is 14.0 Å². The Hall–Kier alpha value is -3.26. The maximum Gasteiger partial charge on any atom is 0.258 e. The lowest BCUT2D eigenvalue weighted by Gasteiger charge is -2.33. The lowest BCUT2D eigenvalue weighted by Crippen LogP contribution is -2.34. The number of aromatic nitrogens is 2. The Bertz CT molecular complexity index is 1230. The molecule has 5 rings (SSSR count). The molecule has 0 bridgehead atoms. The van der Waals surface area contributed by atoms with E-state index in [9.17, 15) is 9.18 Å². The number of nitrogens with one attached hydrogen (secondary N) is 1. The van der Waals surface area contributed by atoms with E-state index in [0.717, 1.165) is 55.3 Å². The smallest absolute Gasteiger partial charge is 0.258 e. The van der Waals surface area contributed by atoms with E-state index < -0.39 is 5.82 Å². The normalized spacial score (nSPS) is 17.3. The average Bonchev–Trinajstić information content (AvgIpc) is 3.27. The van der Waals surface area contributed by atoms with E-state index >= 15 is 0 Å². The number of anilines is 1. The topological polar surface area (TPSA) is 93.2 Å². The molecule has 3 N–H and O–H groups in total. The Kier molecular flexibility index (Phi) is 9.50. The van der Waals surface area contributed by atoms with E-state index in [4.69, 9.17) is 9.78 Å². The number of likely N-dealkylation sites (tertiary alicyclic amines) is 1. The number of nitrogens with two attached hydrogens (primary N) is 1. The highest BCUT2D eigenvalue weighted by atomic mass is 19.1. The van der Waals surface area contributed by atoms with Crippen LogP contribution in [0.1, 0.15) is 80.8 Å². The molecule has 0 spiro atoms. The molecule has 2 heterocycles. The molecule has 204 valence electrons. The molecule has 3 aromatic rings. The van der Waals surface area contributed by atoms with Crippen molar-refractivity contribution in [1.29, 1.82) is 0 Å². The standard InChI is InChI=1S/C29H37FN4O.CH3NO/c1-20(2)22-13-15-33(16-14-22)19-21-11-12-26-27(17-21)34(25-9-4-3-5-10-25)29(31-26)32-28(35)23-7-6-8-24(30)18-23;2-1-3/h6-8,11-12,17-18,20,22,25H,3-5,9-10,13-16,19H2,1-2H3,(H,31,32,35);1H,(H2,2,3). The molecule has 1 saturated heterocycles. The molecule has 1 saturated carbocycles. The highest BCUT2D eigenvalue weighted by Crippen LogP contribution is 2.35. The largest absolute Gasteiger partial charge is 0.372 e. The van der Waals surface area contributed by atoms with Crippen LogP contribution in [0.15, 0.2) is 42.5 Å². The van der Waals surface area contributed by atoms with Crippen LogP contribution in [-0.4, -0.2) is 39.9 Å². The first-order chi connectivity index (χ1) is 18.4. The molecular formula is C30H40FN5O2. The third-order valence-electron chi connectivity index (χ3n) is 7.99. The van der Waals surface area contributed by atoms with Crippen LogP contribution < -0.4 is 11.1 Å². The number of halogens is 1. The van der Waals surface area contributed by atoms with Crippen LogP contribution in [0.4, 0.5) is 10.3 Å². The van der Waals surface area contributed by atoms with Crippen molar-refractivity contribution in [2.75, 3.05) is 18.4 Å². The number of primary amides is 1. The van der Waals surface area contributed by atoms with Crippen LogP contribution in [-0.2, 0) is 11.3 Å². The molecule has 38 heavy (non-hydrogen) atoms. The van der Waals surface area contributed by atoms with Crippen LogP contribution in [0.3, 0.4) is 0 Å². The van der Waals surface area contributed by atoms with Gasteiger partial charge in [-0.1, -0.05) is 45.2 Å². The second kappa shape index (κ2) is 13.0. The fourth-order valence-corrected chi connectivity index (χ4v) is 5.87. The quantitative estimate of drug-likeness (QED) is 0.395. The van der Waals surface area contributed by atoms with E-state index in [1.807, 2.05) is 0 Å². The van der Waals surface area contributed by atoms with Gasteiger partial charge in [-0.2, -0.15) is 0 Å². The minimum Gasteiger partial charge on any atom is -0.372 e. The molecule has 2 aromatic carbocycles. The summed E-state index contributed by atoms with van der Waals surface area (Å²) in [5.74, 6) is 1.42. The number of amides is 2. The van der Waals surface area contributed by atoms with Gasteiger partial charge in [0.15, 0.2) is 0 Å². The van der Waals surface area contributed by atoms with Gasteiger partial charge in [0, 0.05) is 18.2 Å². The first kappa shape index (κ1) is 27.8. The van der Waals surface area contributed by atoms with Gasteiger partial charge in [-0.25, -0.2) is 9.37 Å². The van der Waals surface area contributed by atoms with Gasteiger partial charge in [0.05, 0.1) is 11.0 Å². The van der Waals surface area contributed by atoms with Gasteiger partial charge in [0.1, 0.15) is 5.82 Å². The number of benzene rings is 2.